The number of carbonyl (C=O) groups excluding carboxylic acids is 2. The Kier molecular flexibility index (Phi) is 9.79. The predicted octanol–water partition coefficient (Wildman–Crippen LogP) is 7.58. The SMILES string of the molecule is O=C(CCN1CCCCC1)N1CCC[C@H]1c1ncc(-c2ccc(-c3ccc(-c4cnc([C@@H]5CCCN5C(=O)Cc5ccccc5)[nH]4)cc3)cc2)[nH]1. The molecule has 51 heavy (non-hydrogen) atoms. The van der Waals surface area contributed by atoms with Crippen LogP contribution in [0.15, 0.2) is 91.3 Å². The van der Waals surface area contributed by atoms with E-state index < -0.39 is 0 Å². The molecule has 0 aliphatic carbocycles. The average molecular weight is 682 g/mol. The molecule has 2 atom stereocenters. The summed E-state index contributed by atoms with van der Waals surface area (Å²) >= 11 is 0. The zero-order chi connectivity index (χ0) is 34.6. The van der Waals surface area contributed by atoms with E-state index in [-0.39, 0.29) is 23.9 Å². The van der Waals surface area contributed by atoms with Gasteiger partial charge in [0.25, 0.3) is 0 Å². The third kappa shape index (κ3) is 7.40. The summed E-state index contributed by atoms with van der Waals surface area (Å²) in [6.07, 6.45) is 12.5. The molecule has 9 nitrogen and oxygen atoms in total. The molecule has 3 aliphatic heterocycles. The summed E-state index contributed by atoms with van der Waals surface area (Å²) < 4.78 is 0. The van der Waals surface area contributed by atoms with E-state index in [2.05, 4.69) is 63.4 Å². The molecule has 9 heteroatoms. The van der Waals surface area contributed by atoms with E-state index >= 15 is 0 Å². The first-order valence-electron chi connectivity index (χ1n) is 18.8. The van der Waals surface area contributed by atoms with Gasteiger partial charge in [-0.15, -0.1) is 0 Å². The summed E-state index contributed by atoms with van der Waals surface area (Å²) in [7, 11) is 0. The molecule has 262 valence electrons. The van der Waals surface area contributed by atoms with Crippen molar-refractivity contribution in [3.05, 3.63) is 108 Å². The van der Waals surface area contributed by atoms with Crippen LogP contribution in [0.3, 0.4) is 0 Å². The summed E-state index contributed by atoms with van der Waals surface area (Å²) in [5, 5.41) is 0. The molecule has 5 heterocycles. The Morgan fingerprint density at radius 3 is 1.65 bits per heavy atom. The number of amides is 2. The molecule has 0 unspecified atom stereocenters. The summed E-state index contributed by atoms with van der Waals surface area (Å²) in [5.74, 6) is 2.13. The molecule has 0 bridgehead atoms. The maximum absolute atomic E-state index is 13.2. The van der Waals surface area contributed by atoms with Crippen LogP contribution in [0.4, 0.5) is 0 Å². The highest BCUT2D eigenvalue weighted by molar-refractivity contribution is 5.79. The molecule has 5 aromatic rings. The van der Waals surface area contributed by atoms with Crippen LogP contribution in [-0.4, -0.2) is 79.2 Å². The Bertz CT molecular complexity index is 1930. The number of hydrogen-bond donors (Lipinski definition) is 2. The van der Waals surface area contributed by atoms with Gasteiger partial charge in [-0.3, -0.25) is 9.59 Å². The van der Waals surface area contributed by atoms with Gasteiger partial charge < -0.3 is 24.7 Å². The Morgan fingerprint density at radius 2 is 1.10 bits per heavy atom. The summed E-state index contributed by atoms with van der Waals surface area (Å²) in [6.45, 7) is 4.68. The van der Waals surface area contributed by atoms with Crippen molar-refractivity contribution in [1.82, 2.24) is 34.6 Å². The van der Waals surface area contributed by atoms with Gasteiger partial charge in [0.15, 0.2) is 0 Å². The van der Waals surface area contributed by atoms with E-state index in [1.807, 2.05) is 52.5 Å². The lowest BCUT2D eigenvalue weighted by Crippen LogP contribution is -2.36. The highest BCUT2D eigenvalue weighted by atomic mass is 16.2. The smallest absolute Gasteiger partial charge is 0.227 e. The van der Waals surface area contributed by atoms with Crippen LogP contribution in [0.25, 0.3) is 33.6 Å². The van der Waals surface area contributed by atoms with E-state index in [4.69, 9.17) is 9.97 Å². The van der Waals surface area contributed by atoms with Gasteiger partial charge in [-0.2, -0.15) is 0 Å². The maximum atomic E-state index is 13.2. The van der Waals surface area contributed by atoms with Crippen LogP contribution in [0, 0.1) is 0 Å². The van der Waals surface area contributed by atoms with Gasteiger partial charge in [0.2, 0.25) is 11.8 Å². The van der Waals surface area contributed by atoms with Crippen molar-refractivity contribution in [3.8, 4) is 33.6 Å². The molecule has 0 saturated carbocycles. The summed E-state index contributed by atoms with van der Waals surface area (Å²) in [5.41, 5.74) is 7.36. The molecule has 3 fully saturated rings. The molecule has 3 aromatic carbocycles. The molecule has 3 aliphatic rings. The highest BCUT2D eigenvalue weighted by Gasteiger charge is 2.33. The lowest BCUT2D eigenvalue weighted by molar-refractivity contribution is -0.133. The van der Waals surface area contributed by atoms with Gasteiger partial charge in [0.1, 0.15) is 11.6 Å². The first-order chi connectivity index (χ1) is 25.1. The first kappa shape index (κ1) is 33.1. The number of nitrogens with zero attached hydrogens (tertiary/aromatic N) is 5. The minimum atomic E-state index is -0.0207. The van der Waals surface area contributed by atoms with Crippen LogP contribution in [0.2, 0.25) is 0 Å². The van der Waals surface area contributed by atoms with Crippen LogP contribution in [0.5, 0.6) is 0 Å². The second-order valence-electron chi connectivity index (χ2n) is 14.3. The quantitative estimate of drug-likeness (QED) is 0.158. The van der Waals surface area contributed by atoms with Crippen molar-refractivity contribution in [2.75, 3.05) is 32.7 Å². The second-order valence-corrected chi connectivity index (χ2v) is 14.3. The minimum absolute atomic E-state index is 0.0207. The molecule has 3 saturated heterocycles. The van der Waals surface area contributed by atoms with Crippen molar-refractivity contribution in [3.63, 3.8) is 0 Å². The van der Waals surface area contributed by atoms with Gasteiger partial charge in [-0.05, 0) is 79.4 Å². The number of carbonyl (C=O) groups is 2. The zero-order valence-electron chi connectivity index (χ0n) is 29.3. The van der Waals surface area contributed by atoms with E-state index in [9.17, 15) is 9.59 Å². The molecular formula is C42H47N7O2. The number of piperidine rings is 1. The fourth-order valence-corrected chi connectivity index (χ4v) is 8.14. The zero-order valence-corrected chi connectivity index (χ0v) is 29.3. The standard InChI is InChI=1S/C42H47N7O2/c50-39(21-26-47-22-5-2-6-23-47)48-24-7-11-37(48)41-43-28-35(45-41)33-17-13-31(14-18-33)32-15-19-34(20-16-32)36-29-44-42(46-36)38-12-8-25-49(38)40(51)27-30-9-3-1-4-10-30/h1,3-4,9-10,13-20,28-29,37-38H,2,5-8,11-12,21-27H2,(H,43,45)(H,44,46)/t37-,38-/m0/s1. The number of nitrogens with one attached hydrogen (secondary N) is 2. The fraction of sp³-hybridized carbons (Fsp3) is 0.381. The molecule has 2 amide bonds. The third-order valence-corrected chi connectivity index (χ3v) is 11.0. The average Bonchev–Trinajstić information content (AvgIpc) is 4.02. The molecule has 2 N–H and O–H groups in total. The van der Waals surface area contributed by atoms with Crippen LogP contribution >= 0.6 is 0 Å². The Hall–Kier alpha value is -5.02. The van der Waals surface area contributed by atoms with Gasteiger partial charge in [-0.1, -0.05) is 85.3 Å². The van der Waals surface area contributed by atoms with Crippen LogP contribution in [0.1, 0.15) is 80.7 Å². The number of hydrogen-bond acceptors (Lipinski definition) is 5. The van der Waals surface area contributed by atoms with E-state index in [0.29, 0.717) is 12.8 Å². The van der Waals surface area contributed by atoms with Gasteiger partial charge in [0.05, 0.1) is 42.3 Å². The lowest BCUT2D eigenvalue weighted by Gasteiger charge is -2.28. The Morgan fingerprint density at radius 1 is 0.588 bits per heavy atom. The first-order valence-corrected chi connectivity index (χ1v) is 18.8. The number of likely N-dealkylation sites (tertiary alicyclic amines) is 3. The molecule has 2 aromatic heterocycles. The van der Waals surface area contributed by atoms with Crippen molar-refractivity contribution < 1.29 is 9.59 Å². The van der Waals surface area contributed by atoms with Crippen molar-refractivity contribution in [1.29, 1.82) is 0 Å². The Labute approximate surface area is 300 Å². The summed E-state index contributed by atoms with van der Waals surface area (Å²) in [4.78, 5) is 49.4. The topological polar surface area (TPSA) is 101 Å². The molecular weight excluding hydrogens is 635 g/mol. The molecule has 8 rings (SSSR count). The number of imidazole rings is 2. The Balaban J connectivity index is 0.888. The monoisotopic (exact) mass is 681 g/mol. The number of H-pyrrole nitrogens is 2. The number of benzene rings is 3. The van der Waals surface area contributed by atoms with E-state index in [1.54, 1.807) is 0 Å². The van der Waals surface area contributed by atoms with Gasteiger partial charge in [-0.25, -0.2) is 9.97 Å². The highest BCUT2D eigenvalue weighted by Crippen LogP contribution is 2.34. The molecule has 0 radical (unpaired) electrons. The van der Waals surface area contributed by atoms with Crippen molar-refractivity contribution in [2.45, 2.75) is 69.9 Å². The van der Waals surface area contributed by atoms with E-state index in [1.165, 1.54) is 19.3 Å². The largest absolute Gasteiger partial charge is 0.340 e. The fourth-order valence-electron chi connectivity index (χ4n) is 8.14. The maximum Gasteiger partial charge on any atom is 0.227 e. The van der Waals surface area contributed by atoms with E-state index in [0.717, 1.165) is 109 Å². The number of aromatic amines is 2. The van der Waals surface area contributed by atoms with Gasteiger partial charge in [0, 0.05) is 26.1 Å². The number of aromatic nitrogens is 4. The third-order valence-electron chi connectivity index (χ3n) is 11.0. The summed E-state index contributed by atoms with van der Waals surface area (Å²) in [6, 6.07) is 27.0. The lowest BCUT2D eigenvalue weighted by atomic mass is 10.0. The van der Waals surface area contributed by atoms with Gasteiger partial charge >= 0.3 is 0 Å². The number of rotatable bonds is 10. The predicted molar refractivity (Wildman–Crippen MR) is 199 cm³/mol. The minimum Gasteiger partial charge on any atom is -0.340 e. The van der Waals surface area contributed by atoms with Crippen molar-refractivity contribution >= 4 is 11.8 Å². The normalized spacial score (nSPS) is 19.5. The molecule has 0 spiro atoms. The van der Waals surface area contributed by atoms with Crippen LogP contribution < -0.4 is 0 Å². The van der Waals surface area contributed by atoms with Crippen molar-refractivity contribution in [2.24, 2.45) is 0 Å². The van der Waals surface area contributed by atoms with Crippen LogP contribution in [-0.2, 0) is 16.0 Å². The second kappa shape index (κ2) is 15.1.